The van der Waals surface area contributed by atoms with Gasteiger partial charge in [-0.25, -0.2) is 4.98 Å². The third kappa shape index (κ3) is 2.23. The third-order valence-corrected chi connectivity index (χ3v) is 3.41. The summed E-state index contributed by atoms with van der Waals surface area (Å²) in [6, 6.07) is 1.92. The van der Waals surface area contributed by atoms with Gasteiger partial charge in [0, 0.05) is 6.07 Å². The van der Waals surface area contributed by atoms with Gasteiger partial charge >= 0.3 is 0 Å². The molecule has 0 spiro atoms. The van der Waals surface area contributed by atoms with Crippen molar-refractivity contribution in [3.8, 4) is 11.5 Å². The van der Waals surface area contributed by atoms with Crippen molar-refractivity contribution in [1.29, 1.82) is 0 Å². The Morgan fingerprint density at radius 2 is 2.47 bits per heavy atom. The largest absolute Gasteiger partial charge is 0.483 e. The van der Waals surface area contributed by atoms with Crippen LogP contribution in [0.2, 0.25) is 0 Å². The number of hydrogen-bond acceptors (Lipinski definition) is 4. The van der Waals surface area contributed by atoms with E-state index in [-0.39, 0.29) is 6.10 Å². The van der Waals surface area contributed by atoms with Crippen LogP contribution in [-0.4, -0.2) is 24.0 Å². The lowest BCUT2D eigenvalue weighted by molar-refractivity contribution is 0.0864. The lowest BCUT2D eigenvalue weighted by atomic mass is 10.2. The number of aromatic nitrogens is 1. The summed E-state index contributed by atoms with van der Waals surface area (Å²) in [5, 5.41) is 0.931. The van der Waals surface area contributed by atoms with E-state index >= 15 is 0 Å². The normalized spacial score (nSPS) is 19.0. The van der Waals surface area contributed by atoms with Crippen LogP contribution in [0.4, 0.5) is 0 Å². The van der Waals surface area contributed by atoms with Crippen molar-refractivity contribution in [2.24, 2.45) is 0 Å². The molecule has 0 bridgehead atoms. The number of fused-ring (bicyclic) bond motifs is 1. The molecule has 1 unspecified atom stereocenters. The smallest absolute Gasteiger partial charge is 0.194 e. The Morgan fingerprint density at radius 3 is 3.13 bits per heavy atom. The molecule has 15 heavy (non-hydrogen) atoms. The Bertz CT molecular complexity index is 373. The Hall–Kier alpha value is -0.420. The Balaban J connectivity index is 2.35. The summed E-state index contributed by atoms with van der Waals surface area (Å²) in [7, 11) is 0. The van der Waals surface area contributed by atoms with Crippen LogP contribution >= 0.6 is 27.7 Å². The number of ether oxygens (including phenoxy) is 2. The first kappa shape index (κ1) is 11.1. The van der Waals surface area contributed by atoms with Gasteiger partial charge in [0.15, 0.2) is 16.1 Å². The van der Waals surface area contributed by atoms with Gasteiger partial charge in [-0.2, -0.15) is 0 Å². The molecule has 0 amide bonds. The molecular formula is C10H12BrNO2S. The quantitative estimate of drug-likeness (QED) is 0.618. The molecular weight excluding hydrogens is 278 g/mol. The van der Waals surface area contributed by atoms with Crippen molar-refractivity contribution < 1.29 is 9.47 Å². The first-order valence-electron chi connectivity index (χ1n) is 4.78. The van der Waals surface area contributed by atoms with E-state index < -0.39 is 0 Å². The molecule has 82 valence electrons. The number of hydrogen-bond donors (Lipinski definition) is 0. The van der Waals surface area contributed by atoms with E-state index in [0.717, 1.165) is 27.5 Å². The summed E-state index contributed by atoms with van der Waals surface area (Å²) in [5.74, 6) is 1.51. The van der Waals surface area contributed by atoms with Crippen LogP contribution in [0, 0.1) is 0 Å². The summed E-state index contributed by atoms with van der Waals surface area (Å²) in [6.45, 7) is 2.69. The van der Waals surface area contributed by atoms with Gasteiger partial charge in [0.1, 0.15) is 17.7 Å². The fourth-order valence-electron chi connectivity index (χ4n) is 1.37. The minimum absolute atomic E-state index is 0.154. The van der Waals surface area contributed by atoms with E-state index in [2.05, 4.69) is 27.8 Å². The van der Waals surface area contributed by atoms with Crippen LogP contribution in [-0.2, 0) is 0 Å². The summed E-state index contributed by atoms with van der Waals surface area (Å²) in [4.78, 5) is 4.33. The van der Waals surface area contributed by atoms with E-state index in [1.54, 1.807) is 11.8 Å². The van der Waals surface area contributed by atoms with Crippen LogP contribution in [0.25, 0.3) is 0 Å². The maximum Gasteiger partial charge on any atom is 0.194 e. The third-order valence-electron chi connectivity index (χ3n) is 2.25. The van der Waals surface area contributed by atoms with Crippen molar-refractivity contribution in [3.05, 3.63) is 10.7 Å². The Labute approximate surface area is 102 Å². The van der Waals surface area contributed by atoms with E-state index in [0.29, 0.717) is 6.61 Å². The van der Waals surface area contributed by atoms with Gasteiger partial charge in [-0.15, -0.1) is 11.8 Å². The molecule has 0 N–H and O–H groups in total. The topological polar surface area (TPSA) is 31.4 Å². The molecule has 0 fully saturated rings. The van der Waals surface area contributed by atoms with Gasteiger partial charge in [0.05, 0.1) is 0 Å². The molecule has 1 aromatic rings. The minimum Gasteiger partial charge on any atom is -0.483 e. The van der Waals surface area contributed by atoms with E-state index in [4.69, 9.17) is 9.47 Å². The molecule has 2 rings (SSSR count). The fourth-order valence-corrected chi connectivity index (χ4v) is 2.40. The Morgan fingerprint density at radius 1 is 1.67 bits per heavy atom. The van der Waals surface area contributed by atoms with Gasteiger partial charge in [0.2, 0.25) is 0 Å². The lowest BCUT2D eigenvalue weighted by Gasteiger charge is -2.26. The maximum absolute atomic E-state index is 5.80. The molecule has 1 atom stereocenters. The summed E-state index contributed by atoms with van der Waals surface area (Å²) in [6.07, 6.45) is 3.09. The highest BCUT2D eigenvalue weighted by Crippen LogP contribution is 2.39. The predicted octanol–water partition coefficient (Wildman–Crippen LogP) is 3.12. The molecule has 0 saturated carbocycles. The van der Waals surface area contributed by atoms with Crippen LogP contribution in [0.3, 0.4) is 0 Å². The van der Waals surface area contributed by atoms with Crippen molar-refractivity contribution in [1.82, 2.24) is 4.98 Å². The highest BCUT2D eigenvalue weighted by Gasteiger charge is 2.23. The molecule has 1 aromatic heterocycles. The fraction of sp³-hybridized carbons (Fsp3) is 0.500. The highest BCUT2D eigenvalue weighted by atomic mass is 79.9. The SMILES string of the molecule is CCC1COc2c(cc(SC)nc2Br)O1. The van der Waals surface area contributed by atoms with Gasteiger partial charge < -0.3 is 9.47 Å². The van der Waals surface area contributed by atoms with Crippen molar-refractivity contribution in [3.63, 3.8) is 0 Å². The van der Waals surface area contributed by atoms with Gasteiger partial charge in [-0.05, 0) is 28.6 Å². The van der Waals surface area contributed by atoms with Crippen LogP contribution in [0.1, 0.15) is 13.3 Å². The van der Waals surface area contributed by atoms with E-state index in [9.17, 15) is 0 Å². The number of halogens is 1. The number of pyridine rings is 1. The summed E-state index contributed by atoms with van der Waals surface area (Å²) >= 11 is 4.97. The second-order valence-electron chi connectivity index (χ2n) is 3.24. The zero-order chi connectivity index (χ0) is 10.8. The minimum atomic E-state index is 0.154. The molecule has 2 heterocycles. The molecule has 1 aliphatic rings. The summed E-state index contributed by atoms with van der Waals surface area (Å²) in [5.41, 5.74) is 0. The second kappa shape index (κ2) is 4.61. The molecule has 5 heteroatoms. The van der Waals surface area contributed by atoms with Gasteiger partial charge in [0.25, 0.3) is 0 Å². The average molecular weight is 290 g/mol. The van der Waals surface area contributed by atoms with Crippen molar-refractivity contribution in [2.45, 2.75) is 24.5 Å². The highest BCUT2D eigenvalue weighted by molar-refractivity contribution is 9.10. The lowest BCUT2D eigenvalue weighted by Crippen LogP contribution is -2.28. The summed E-state index contributed by atoms with van der Waals surface area (Å²) < 4.78 is 12.1. The maximum atomic E-state index is 5.80. The van der Waals surface area contributed by atoms with Crippen LogP contribution in [0.15, 0.2) is 15.7 Å². The first-order valence-corrected chi connectivity index (χ1v) is 6.80. The van der Waals surface area contributed by atoms with Gasteiger partial charge in [-0.3, -0.25) is 0 Å². The van der Waals surface area contributed by atoms with Crippen LogP contribution < -0.4 is 9.47 Å². The molecule has 0 saturated heterocycles. The van der Waals surface area contributed by atoms with Crippen molar-refractivity contribution in [2.75, 3.05) is 12.9 Å². The van der Waals surface area contributed by atoms with Crippen LogP contribution in [0.5, 0.6) is 11.5 Å². The first-order chi connectivity index (χ1) is 7.24. The van der Waals surface area contributed by atoms with E-state index in [1.807, 2.05) is 12.3 Å². The molecule has 3 nitrogen and oxygen atoms in total. The monoisotopic (exact) mass is 289 g/mol. The standard InChI is InChI=1S/C10H12BrNO2S/c1-3-6-5-13-9-7(14-6)4-8(15-2)12-10(9)11/h4,6H,3,5H2,1-2H3. The Kier molecular flexibility index (Phi) is 3.41. The number of nitrogens with zero attached hydrogens (tertiary/aromatic N) is 1. The van der Waals surface area contributed by atoms with Gasteiger partial charge in [-0.1, -0.05) is 6.92 Å². The second-order valence-corrected chi connectivity index (χ2v) is 4.82. The van der Waals surface area contributed by atoms with E-state index in [1.165, 1.54) is 0 Å². The zero-order valence-corrected chi connectivity index (χ0v) is 11.0. The molecule has 0 aromatic carbocycles. The molecule has 1 aliphatic heterocycles. The molecule has 0 aliphatic carbocycles. The number of thioether (sulfide) groups is 1. The number of rotatable bonds is 2. The van der Waals surface area contributed by atoms with Crippen molar-refractivity contribution >= 4 is 27.7 Å². The average Bonchev–Trinajstić information content (AvgIpc) is 2.28. The predicted molar refractivity (Wildman–Crippen MR) is 63.9 cm³/mol. The molecule has 0 radical (unpaired) electrons. The zero-order valence-electron chi connectivity index (χ0n) is 8.62.